The van der Waals surface area contributed by atoms with Gasteiger partial charge in [0.1, 0.15) is 20.2 Å². The number of anilines is 1. The number of fused-ring (bicyclic) bond motifs is 2. The second-order valence-electron chi connectivity index (χ2n) is 7.36. The standard InChI is InChI=1S/C21H24N3/c1-21(2)19-11-14(23(3)4)7-9-16(19)18(13-22)17-10-8-15(24(5)6)12-20(17)21/h7-12H,1-6H3/q+1. The summed E-state index contributed by atoms with van der Waals surface area (Å²) >= 11 is 0. The minimum atomic E-state index is -0.150. The van der Waals surface area contributed by atoms with E-state index in [4.69, 9.17) is 0 Å². The third-order valence-electron chi connectivity index (χ3n) is 5.04. The molecule has 0 aromatic heterocycles. The predicted molar refractivity (Wildman–Crippen MR) is 101 cm³/mol. The Labute approximate surface area is 144 Å². The predicted octanol–water partition coefficient (Wildman–Crippen LogP) is 3.53. The van der Waals surface area contributed by atoms with Crippen LogP contribution in [0.15, 0.2) is 47.6 Å². The summed E-state index contributed by atoms with van der Waals surface area (Å²) < 4.78 is 2.11. The zero-order valence-electron chi connectivity index (χ0n) is 15.3. The molecule has 122 valence electrons. The van der Waals surface area contributed by atoms with Gasteiger partial charge in [-0.25, -0.2) is 4.58 Å². The number of hydrogen-bond acceptors (Lipinski definition) is 2. The molecule has 0 heterocycles. The van der Waals surface area contributed by atoms with Gasteiger partial charge < -0.3 is 4.90 Å². The highest BCUT2D eigenvalue weighted by Gasteiger charge is 2.38. The Morgan fingerprint density at radius 2 is 1.83 bits per heavy atom. The molecule has 0 saturated carbocycles. The second-order valence-corrected chi connectivity index (χ2v) is 7.36. The van der Waals surface area contributed by atoms with Crippen LogP contribution in [0.25, 0.3) is 5.57 Å². The summed E-state index contributed by atoms with van der Waals surface area (Å²) in [7, 11) is 8.18. The van der Waals surface area contributed by atoms with E-state index in [2.05, 4.69) is 65.8 Å². The van der Waals surface area contributed by atoms with E-state index in [9.17, 15) is 5.26 Å². The topological polar surface area (TPSA) is 30.0 Å². The van der Waals surface area contributed by atoms with Crippen LogP contribution in [0.2, 0.25) is 0 Å². The van der Waals surface area contributed by atoms with Gasteiger partial charge in [0.25, 0.3) is 0 Å². The second kappa shape index (κ2) is 5.49. The van der Waals surface area contributed by atoms with Gasteiger partial charge in [0.15, 0.2) is 5.71 Å². The number of nitriles is 1. The Hall–Kier alpha value is -2.60. The van der Waals surface area contributed by atoms with Crippen molar-refractivity contribution in [3.8, 4) is 6.07 Å². The molecule has 1 aromatic carbocycles. The molecule has 0 unspecified atom stereocenters. The van der Waals surface area contributed by atoms with Crippen molar-refractivity contribution in [3.63, 3.8) is 0 Å². The monoisotopic (exact) mass is 318 g/mol. The summed E-state index contributed by atoms with van der Waals surface area (Å²) in [5.74, 6) is 0. The Kier molecular flexibility index (Phi) is 3.72. The van der Waals surface area contributed by atoms with E-state index in [1.54, 1.807) is 0 Å². The molecule has 0 spiro atoms. The van der Waals surface area contributed by atoms with E-state index < -0.39 is 0 Å². The molecule has 2 aliphatic rings. The number of nitrogens with zero attached hydrogens (tertiary/aromatic N) is 3. The zero-order valence-corrected chi connectivity index (χ0v) is 15.3. The Morgan fingerprint density at radius 1 is 1.12 bits per heavy atom. The van der Waals surface area contributed by atoms with Crippen molar-refractivity contribution in [2.45, 2.75) is 19.3 Å². The lowest BCUT2D eigenvalue weighted by atomic mass is 9.65. The molecule has 0 atom stereocenters. The van der Waals surface area contributed by atoms with E-state index >= 15 is 0 Å². The third-order valence-corrected chi connectivity index (χ3v) is 5.04. The maximum atomic E-state index is 9.80. The third kappa shape index (κ3) is 2.30. The fourth-order valence-corrected chi connectivity index (χ4v) is 3.50. The van der Waals surface area contributed by atoms with Crippen molar-refractivity contribution in [1.82, 2.24) is 0 Å². The van der Waals surface area contributed by atoms with Crippen LogP contribution in [0.1, 0.15) is 25.0 Å². The van der Waals surface area contributed by atoms with Crippen molar-refractivity contribution in [2.24, 2.45) is 0 Å². The first kappa shape index (κ1) is 16.3. The fraction of sp³-hybridized carbons (Fsp3) is 0.333. The summed E-state index contributed by atoms with van der Waals surface area (Å²) in [6.07, 6.45) is 6.40. The van der Waals surface area contributed by atoms with Crippen LogP contribution in [-0.4, -0.2) is 38.5 Å². The van der Waals surface area contributed by atoms with Crippen LogP contribution >= 0.6 is 0 Å². The molecule has 0 N–H and O–H groups in total. The minimum absolute atomic E-state index is 0.150. The molecule has 0 amide bonds. The zero-order chi connectivity index (χ0) is 17.6. The van der Waals surface area contributed by atoms with Gasteiger partial charge in [0.2, 0.25) is 0 Å². The van der Waals surface area contributed by atoms with E-state index in [1.165, 1.54) is 11.1 Å². The van der Waals surface area contributed by atoms with Crippen LogP contribution in [-0.2, 0) is 5.41 Å². The van der Waals surface area contributed by atoms with Gasteiger partial charge in [-0.2, -0.15) is 5.26 Å². The first-order valence-corrected chi connectivity index (χ1v) is 8.19. The highest BCUT2D eigenvalue weighted by Crippen LogP contribution is 2.48. The molecule has 2 aliphatic carbocycles. The lowest BCUT2D eigenvalue weighted by Crippen LogP contribution is -2.30. The van der Waals surface area contributed by atoms with Crippen LogP contribution in [0, 0.1) is 11.3 Å². The van der Waals surface area contributed by atoms with E-state index in [-0.39, 0.29) is 5.41 Å². The number of allylic oxidation sites excluding steroid dienone is 6. The van der Waals surface area contributed by atoms with Gasteiger partial charge in [0, 0.05) is 37.3 Å². The van der Waals surface area contributed by atoms with E-state index in [1.807, 2.05) is 28.2 Å². The van der Waals surface area contributed by atoms with Crippen molar-refractivity contribution in [3.05, 3.63) is 58.7 Å². The molecule has 1 aromatic rings. The Morgan fingerprint density at radius 3 is 2.42 bits per heavy atom. The number of benzene rings is 1. The van der Waals surface area contributed by atoms with Crippen LogP contribution in [0.4, 0.5) is 5.69 Å². The average Bonchev–Trinajstić information content (AvgIpc) is 2.54. The van der Waals surface area contributed by atoms with Crippen molar-refractivity contribution < 1.29 is 4.58 Å². The summed E-state index contributed by atoms with van der Waals surface area (Å²) in [5.41, 5.74) is 7.48. The maximum Gasteiger partial charge on any atom is 0.199 e. The SMILES string of the molecule is CN(C)c1ccc2c(c1)C(C)(C)C1=CC(=[N+](C)C)C=CC1=C2C#N. The average molecular weight is 318 g/mol. The van der Waals surface area contributed by atoms with Crippen molar-refractivity contribution in [1.29, 1.82) is 5.26 Å². The van der Waals surface area contributed by atoms with Gasteiger partial charge >= 0.3 is 0 Å². The van der Waals surface area contributed by atoms with E-state index in [0.717, 1.165) is 28.1 Å². The Bertz CT molecular complexity index is 880. The van der Waals surface area contributed by atoms with Gasteiger partial charge in [-0.15, -0.1) is 0 Å². The fourth-order valence-electron chi connectivity index (χ4n) is 3.50. The molecule has 3 rings (SSSR count). The molecule has 0 saturated heterocycles. The maximum absolute atomic E-state index is 9.80. The van der Waals surface area contributed by atoms with Gasteiger partial charge in [-0.1, -0.05) is 19.9 Å². The first-order valence-electron chi connectivity index (χ1n) is 8.19. The lowest BCUT2D eigenvalue weighted by Gasteiger charge is -2.37. The van der Waals surface area contributed by atoms with Gasteiger partial charge in [0.05, 0.1) is 5.57 Å². The summed E-state index contributed by atoms with van der Waals surface area (Å²) in [5, 5.41) is 9.80. The molecular formula is C21H24N3+. The van der Waals surface area contributed by atoms with Crippen LogP contribution in [0.5, 0.6) is 0 Å². The normalized spacial score (nSPS) is 17.7. The van der Waals surface area contributed by atoms with Crippen LogP contribution < -0.4 is 4.90 Å². The number of rotatable bonds is 1. The summed E-state index contributed by atoms with van der Waals surface area (Å²) in [4.78, 5) is 2.11. The molecule has 24 heavy (non-hydrogen) atoms. The smallest absolute Gasteiger partial charge is 0.199 e. The molecule has 0 bridgehead atoms. The highest BCUT2D eigenvalue weighted by atomic mass is 15.1. The number of hydrogen-bond donors (Lipinski definition) is 0. The lowest BCUT2D eigenvalue weighted by molar-refractivity contribution is -0.462. The quantitative estimate of drug-likeness (QED) is 0.742. The van der Waals surface area contributed by atoms with Gasteiger partial charge in [-0.05, 0) is 40.5 Å². The molecule has 0 radical (unpaired) electrons. The van der Waals surface area contributed by atoms with E-state index in [0.29, 0.717) is 0 Å². The molecule has 3 nitrogen and oxygen atoms in total. The minimum Gasteiger partial charge on any atom is -0.378 e. The largest absolute Gasteiger partial charge is 0.378 e. The summed E-state index contributed by atoms with van der Waals surface area (Å²) in [6, 6.07) is 8.84. The van der Waals surface area contributed by atoms with Crippen molar-refractivity contribution in [2.75, 3.05) is 33.1 Å². The molecule has 0 fully saturated rings. The Balaban J connectivity index is 2.35. The van der Waals surface area contributed by atoms with Crippen molar-refractivity contribution >= 4 is 17.0 Å². The molecule has 0 aliphatic heterocycles. The van der Waals surface area contributed by atoms with Crippen LogP contribution in [0.3, 0.4) is 0 Å². The van der Waals surface area contributed by atoms with Gasteiger partial charge in [-0.3, -0.25) is 0 Å². The molecular weight excluding hydrogens is 294 g/mol. The highest BCUT2D eigenvalue weighted by molar-refractivity contribution is 6.06. The first-order chi connectivity index (χ1) is 11.3. The summed E-state index contributed by atoms with van der Waals surface area (Å²) in [6.45, 7) is 4.50. The molecule has 3 heteroatoms.